The molecule has 0 saturated carbocycles. The lowest BCUT2D eigenvalue weighted by atomic mass is 9.96. The number of nitrogens with one attached hydrogen (secondary N) is 1. The number of amides is 1. The van der Waals surface area contributed by atoms with Gasteiger partial charge in [-0.05, 0) is 63.5 Å². The summed E-state index contributed by atoms with van der Waals surface area (Å²) in [6.07, 6.45) is 2.05. The van der Waals surface area contributed by atoms with E-state index in [1.54, 1.807) is 11.8 Å². The molecule has 2 heterocycles. The summed E-state index contributed by atoms with van der Waals surface area (Å²) in [4.78, 5) is 14.7. The van der Waals surface area contributed by atoms with E-state index in [4.69, 9.17) is 4.74 Å². The van der Waals surface area contributed by atoms with Crippen LogP contribution in [0.5, 0.6) is 5.75 Å². The highest BCUT2D eigenvalue weighted by Crippen LogP contribution is 2.21. The van der Waals surface area contributed by atoms with E-state index >= 15 is 0 Å². The summed E-state index contributed by atoms with van der Waals surface area (Å²) >= 11 is 0. The van der Waals surface area contributed by atoms with Gasteiger partial charge in [0.2, 0.25) is 0 Å². The molecule has 0 radical (unpaired) electrons. The van der Waals surface area contributed by atoms with Crippen LogP contribution in [0.1, 0.15) is 29.0 Å². The van der Waals surface area contributed by atoms with E-state index in [1.165, 1.54) is 0 Å². The lowest BCUT2D eigenvalue weighted by Gasteiger charge is -2.31. The summed E-state index contributed by atoms with van der Waals surface area (Å²) in [6, 6.07) is 7.53. The molecule has 1 aromatic heterocycles. The third-order valence-electron chi connectivity index (χ3n) is 4.81. The van der Waals surface area contributed by atoms with Crippen molar-refractivity contribution in [2.24, 2.45) is 5.92 Å². The maximum absolute atomic E-state index is 12.8. The van der Waals surface area contributed by atoms with Crippen LogP contribution in [0.4, 0.5) is 0 Å². The first kappa shape index (κ1) is 17.4. The minimum Gasteiger partial charge on any atom is -0.497 e. The molecule has 3 rings (SSSR count). The fourth-order valence-corrected chi connectivity index (χ4v) is 3.27. The molecule has 1 amide bonds. The molecule has 1 N–H and O–H groups in total. The third-order valence-corrected chi connectivity index (χ3v) is 4.81. The van der Waals surface area contributed by atoms with E-state index in [2.05, 4.69) is 15.6 Å². The summed E-state index contributed by atoms with van der Waals surface area (Å²) < 4.78 is 6.87. The highest BCUT2D eigenvalue weighted by molar-refractivity contribution is 5.93. The summed E-state index contributed by atoms with van der Waals surface area (Å²) in [7, 11) is 3.60. The smallest absolute Gasteiger partial charge is 0.276 e. The van der Waals surface area contributed by atoms with Crippen LogP contribution in [-0.2, 0) is 0 Å². The Bertz CT molecular complexity index is 718. The predicted octanol–water partition coefficient (Wildman–Crippen LogP) is 1.66. The second-order valence-electron chi connectivity index (χ2n) is 6.43. The molecule has 1 saturated heterocycles. The van der Waals surface area contributed by atoms with Gasteiger partial charge < -0.3 is 15.0 Å². The van der Waals surface area contributed by atoms with Crippen LogP contribution in [0, 0.1) is 12.8 Å². The zero-order chi connectivity index (χ0) is 17.8. The molecule has 134 valence electrons. The molecular weight excluding hydrogens is 318 g/mol. The first-order valence-corrected chi connectivity index (χ1v) is 8.64. The highest BCUT2D eigenvalue weighted by Gasteiger charge is 2.27. The molecule has 1 aliphatic rings. The lowest BCUT2D eigenvalue weighted by molar-refractivity contribution is 0.0684. The van der Waals surface area contributed by atoms with Crippen molar-refractivity contribution in [1.82, 2.24) is 25.2 Å². The van der Waals surface area contributed by atoms with Gasteiger partial charge in [-0.25, -0.2) is 4.68 Å². The largest absolute Gasteiger partial charge is 0.497 e. The van der Waals surface area contributed by atoms with Gasteiger partial charge in [0.1, 0.15) is 5.75 Å². The third kappa shape index (κ3) is 3.66. The zero-order valence-corrected chi connectivity index (χ0v) is 15.0. The van der Waals surface area contributed by atoms with Crippen LogP contribution < -0.4 is 10.1 Å². The highest BCUT2D eigenvalue weighted by atomic mass is 16.5. The summed E-state index contributed by atoms with van der Waals surface area (Å²) in [5.74, 6) is 1.40. The maximum atomic E-state index is 12.8. The number of methoxy groups -OCH3 is 1. The molecule has 0 aliphatic carbocycles. The van der Waals surface area contributed by atoms with Crippen molar-refractivity contribution in [3.05, 3.63) is 35.7 Å². The minimum absolute atomic E-state index is 0.0276. The molecule has 7 nitrogen and oxygen atoms in total. The summed E-state index contributed by atoms with van der Waals surface area (Å²) in [5.41, 5.74) is 2.05. The first-order chi connectivity index (χ1) is 12.1. The SMILES string of the molecule is CNCC1CCN(C(=O)c2nnn(-c3ccc(OC)cc3)c2C)CC1. The fraction of sp³-hybridized carbons (Fsp3) is 0.500. The molecule has 1 aromatic carbocycles. The van der Waals surface area contributed by atoms with Crippen LogP contribution in [-0.4, -0.2) is 59.6 Å². The van der Waals surface area contributed by atoms with Crippen molar-refractivity contribution in [1.29, 1.82) is 0 Å². The number of hydrogen-bond donors (Lipinski definition) is 1. The molecule has 0 unspecified atom stereocenters. The average molecular weight is 343 g/mol. The Morgan fingerprint density at radius 1 is 1.28 bits per heavy atom. The second kappa shape index (κ2) is 7.65. The number of piperidine rings is 1. The van der Waals surface area contributed by atoms with Crippen LogP contribution in [0.2, 0.25) is 0 Å². The van der Waals surface area contributed by atoms with Gasteiger partial charge in [-0.3, -0.25) is 4.79 Å². The molecular formula is C18H25N5O2. The van der Waals surface area contributed by atoms with E-state index in [0.29, 0.717) is 11.6 Å². The maximum Gasteiger partial charge on any atom is 0.276 e. The molecule has 7 heteroatoms. The summed E-state index contributed by atoms with van der Waals surface area (Å²) in [5, 5.41) is 11.5. The van der Waals surface area contributed by atoms with Gasteiger partial charge >= 0.3 is 0 Å². The molecule has 0 atom stereocenters. The topological polar surface area (TPSA) is 72.3 Å². The Morgan fingerprint density at radius 2 is 1.96 bits per heavy atom. The van der Waals surface area contributed by atoms with Gasteiger partial charge in [-0.15, -0.1) is 5.10 Å². The number of carbonyl (C=O) groups excluding carboxylic acids is 1. The van der Waals surface area contributed by atoms with Crippen molar-refractivity contribution in [2.45, 2.75) is 19.8 Å². The lowest BCUT2D eigenvalue weighted by Crippen LogP contribution is -2.40. The van der Waals surface area contributed by atoms with Crippen molar-refractivity contribution < 1.29 is 9.53 Å². The van der Waals surface area contributed by atoms with E-state index in [-0.39, 0.29) is 5.91 Å². The van der Waals surface area contributed by atoms with Gasteiger partial charge in [0.25, 0.3) is 5.91 Å². The normalized spacial score (nSPS) is 15.4. The van der Waals surface area contributed by atoms with Crippen LogP contribution in [0.15, 0.2) is 24.3 Å². The van der Waals surface area contributed by atoms with Crippen molar-refractivity contribution in [3.63, 3.8) is 0 Å². The van der Waals surface area contributed by atoms with E-state index in [9.17, 15) is 4.79 Å². The van der Waals surface area contributed by atoms with Gasteiger partial charge in [0, 0.05) is 13.1 Å². The Labute approximate surface area is 148 Å². The van der Waals surface area contributed by atoms with Gasteiger partial charge in [-0.1, -0.05) is 5.21 Å². The van der Waals surface area contributed by atoms with Crippen molar-refractivity contribution in [2.75, 3.05) is 33.8 Å². The number of benzene rings is 1. The molecule has 1 fully saturated rings. The Balaban J connectivity index is 1.73. The quantitative estimate of drug-likeness (QED) is 0.894. The molecule has 0 bridgehead atoms. The Kier molecular flexibility index (Phi) is 5.33. The van der Waals surface area contributed by atoms with E-state index in [1.807, 2.05) is 43.1 Å². The number of hydrogen-bond acceptors (Lipinski definition) is 5. The van der Waals surface area contributed by atoms with Gasteiger partial charge in [0.15, 0.2) is 5.69 Å². The van der Waals surface area contributed by atoms with E-state index in [0.717, 1.165) is 49.6 Å². The standard InChI is InChI=1S/C18H25N5O2/c1-13-17(18(24)22-10-8-14(9-11-22)12-19-2)20-21-23(13)15-4-6-16(25-3)7-5-15/h4-7,14,19H,8-12H2,1-3H3. The van der Waals surface area contributed by atoms with Crippen molar-refractivity contribution >= 4 is 5.91 Å². The number of ether oxygens (including phenoxy) is 1. The number of aromatic nitrogens is 3. The monoisotopic (exact) mass is 343 g/mol. The number of likely N-dealkylation sites (tertiary alicyclic amines) is 1. The fourth-order valence-electron chi connectivity index (χ4n) is 3.27. The number of nitrogens with zero attached hydrogens (tertiary/aromatic N) is 4. The molecule has 2 aromatic rings. The first-order valence-electron chi connectivity index (χ1n) is 8.64. The van der Waals surface area contributed by atoms with Gasteiger partial charge in [0.05, 0.1) is 18.5 Å². The zero-order valence-electron chi connectivity index (χ0n) is 15.0. The Hall–Kier alpha value is -2.41. The number of rotatable bonds is 5. The van der Waals surface area contributed by atoms with Crippen LogP contribution in [0.3, 0.4) is 0 Å². The van der Waals surface area contributed by atoms with E-state index < -0.39 is 0 Å². The summed E-state index contributed by atoms with van der Waals surface area (Å²) in [6.45, 7) is 4.44. The van der Waals surface area contributed by atoms with Crippen LogP contribution in [0.25, 0.3) is 5.69 Å². The second-order valence-corrected chi connectivity index (χ2v) is 6.43. The number of carbonyl (C=O) groups is 1. The van der Waals surface area contributed by atoms with Gasteiger partial charge in [-0.2, -0.15) is 0 Å². The van der Waals surface area contributed by atoms with Crippen molar-refractivity contribution in [3.8, 4) is 11.4 Å². The Morgan fingerprint density at radius 3 is 2.56 bits per heavy atom. The van der Waals surface area contributed by atoms with Crippen LogP contribution >= 0.6 is 0 Å². The molecule has 25 heavy (non-hydrogen) atoms. The predicted molar refractivity (Wildman–Crippen MR) is 95.2 cm³/mol. The minimum atomic E-state index is -0.0276. The molecule has 0 spiro atoms. The molecule has 1 aliphatic heterocycles. The average Bonchev–Trinajstić information content (AvgIpc) is 3.03.